The second-order valence-corrected chi connectivity index (χ2v) is 6.38. The lowest BCUT2D eigenvalue weighted by molar-refractivity contribution is 0.282. The zero-order chi connectivity index (χ0) is 13.2. The second-order valence-electron chi connectivity index (χ2n) is 4.03. The van der Waals surface area contributed by atoms with Crippen LogP contribution in [-0.2, 0) is 16.6 Å². The highest BCUT2D eigenvalue weighted by molar-refractivity contribution is 7.89. The van der Waals surface area contributed by atoms with Crippen molar-refractivity contribution in [2.45, 2.75) is 17.9 Å². The van der Waals surface area contributed by atoms with E-state index < -0.39 is 10.0 Å². The molecule has 1 aliphatic heterocycles. The molecule has 1 aromatic carbocycles. The number of hydrogen-bond donors (Lipinski definition) is 1. The number of halogens is 1. The maximum atomic E-state index is 12.3. The van der Waals surface area contributed by atoms with Crippen LogP contribution in [0.4, 0.5) is 0 Å². The molecule has 1 aromatic rings. The Balaban J connectivity index is 2.35. The van der Waals surface area contributed by atoms with Crippen molar-refractivity contribution in [3.8, 4) is 0 Å². The Hall–Kier alpha value is -0.880. The molecular formula is C12H14ClNO3S. The van der Waals surface area contributed by atoms with Gasteiger partial charge in [0.25, 0.3) is 0 Å². The van der Waals surface area contributed by atoms with E-state index in [0.717, 1.165) is 6.42 Å². The third-order valence-corrected chi connectivity index (χ3v) is 5.07. The molecule has 1 heterocycles. The summed E-state index contributed by atoms with van der Waals surface area (Å²) in [5.41, 5.74) is 0.522. The lowest BCUT2D eigenvalue weighted by Gasteiger charge is -2.23. The maximum Gasteiger partial charge on any atom is 0.243 e. The molecule has 0 unspecified atom stereocenters. The van der Waals surface area contributed by atoms with Crippen LogP contribution in [0.25, 0.3) is 0 Å². The minimum atomic E-state index is -3.49. The summed E-state index contributed by atoms with van der Waals surface area (Å²) in [7, 11) is -3.49. The average Bonchev–Trinajstić information content (AvgIpc) is 2.39. The normalized spacial score (nSPS) is 17.0. The van der Waals surface area contributed by atoms with Gasteiger partial charge in [-0.1, -0.05) is 29.8 Å². The van der Waals surface area contributed by atoms with Gasteiger partial charge in [0.05, 0.1) is 11.5 Å². The number of nitrogens with zero attached hydrogens (tertiary/aromatic N) is 1. The summed E-state index contributed by atoms with van der Waals surface area (Å²) in [4.78, 5) is 0.167. The van der Waals surface area contributed by atoms with E-state index in [1.165, 1.54) is 22.5 Å². The third-order valence-electron chi connectivity index (χ3n) is 2.85. The van der Waals surface area contributed by atoms with Crippen LogP contribution in [0.2, 0.25) is 5.02 Å². The molecule has 0 bridgehead atoms. The van der Waals surface area contributed by atoms with Crippen LogP contribution in [0.15, 0.2) is 35.2 Å². The SMILES string of the molecule is O=S(=O)(c1ccc(CO)c(Cl)c1)N1CC=CCC1. The fourth-order valence-corrected chi connectivity index (χ4v) is 3.54. The lowest BCUT2D eigenvalue weighted by atomic mass is 10.2. The van der Waals surface area contributed by atoms with E-state index in [-0.39, 0.29) is 16.5 Å². The van der Waals surface area contributed by atoms with Gasteiger partial charge in [-0.3, -0.25) is 0 Å². The second kappa shape index (κ2) is 5.40. The van der Waals surface area contributed by atoms with Crippen molar-refractivity contribution in [2.75, 3.05) is 13.1 Å². The van der Waals surface area contributed by atoms with Gasteiger partial charge in [-0.25, -0.2) is 8.42 Å². The smallest absolute Gasteiger partial charge is 0.243 e. The number of hydrogen-bond acceptors (Lipinski definition) is 3. The topological polar surface area (TPSA) is 57.6 Å². The van der Waals surface area contributed by atoms with Crippen LogP contribution in [0, 0.1) is 0 Å². The molecule has 1 aliphatic rings. The summed E-state index contributed by atoms with van der Waals surface area (Å²) < 4.78 is 26.0. The van der Waals surface area contributed by atoms with E-state index in [1.807, 2.05) is 12.2 Å². The Morgan fingerprint density at radius 2 is 2.11 bits per heavy atom. The number of rotatable bonds is 3. The molecule has 0 radical (unpaired) electrons. The summed E-state index contributed by atoms with van der Waals surface area (Å²) in [6, 6.07) is 4.40. The van der Waals surface area contributed by atoms with Crippen LogP contribution in [0.1, 0.15) is 12.0 Å². The molecule has 18 heavy (non-hydrogen) atoms. The van der Waals surface area contributed by atoms with Crippen molar-refractivity contribution in [3.63, 3.8) is 0 Å². The van der Waals surface area contributed by atoms with Crippen molar-refractivity contribution >= 4 is 21.6 Å². The summed E-state index contributed by atoms with van der Waals surface area (Å²) in [6.45, 7) is 0.672. The van der Waals surface area contributed by atoms with Gasteiger partial charge in [-0.2, -0.15) is 4.31 Å². The van der Waals surface area contributed by atoms with E-state index >= 15 is 0 Å². The molecule has 0 fully saturated rings. The molecule has 0 aromatic heterocycles. The zero-order valence-corrected chi connectivity index (χ0v) is 11.3. The minimum Gasteiger partial charge on any atom is -0.392 e. The molecule has 0 aliphatic carbocycles. The first kappa shape index (κ1) is 13.5. The molecule has 0 atom stereocenters. The van der Waals surface area contributed by atoms with Crippen molar-refractivity contribution in [1.29, 1.82) is 0 Å². The fourth-order valence-electron chi connectivity index (χ4n) is 1.80. The summed E-state index contributed by atoms with van der Waals surface area (Å²) in [5.74, 6) is 0. The first-order valence-electron chi connectivity index (χ1n) is 5.60. The average molecular weight is 288 g/mol. The molecular weight excluding hydrogens is 274 g/mol. The van der Waals surface area contributed by atoms with Gasteiger partial charge in [0.1, 0.15) is 0 Å². The van der Waals surface area contributed by atoms with Crippen LogP contribution >= 0.6 is 11.6 Å². The molecule has 2 rings (SSSR count). The Morgan fingerprint density at radius 1 is 1.33 bits per heavy atom. The quantitative estimate of drug-likeness (QED) is 0.862. The van der Waals surface area contributed by atoms with E-state index in [0.29, 0.717) is 18.7 Å². The minimum absolute atomic E-state index is 0.167. The van der Waals surface area contributed by atoms with Crippen LogP contribution < -0.4 is 0 Å². The van der Waals surface area contributed by atoms with Crippen LogP contribution in [0.5, 0.6) is 0 Å². The number of aliphatic hydroxyl groups is 1. The third kappa shape index (κ3) is 2.59. The molecule has 0 saturated heterocycles. The predicted octanol–water partition coefficient (Wildman–Crippen LogP) is 1.78. The summed E-state index contributed by atoms with van der Waals surface area (Å²) in [5, 5.41) is 9.28. The molecule has 0 amide bonds. The summed E-state index contributed by atoms with van der Waals surface area (Å²) >= 11 is 5.92. The highest BCUT2D eigenvalue weighted by Gasteiger charge is 2.24. The van der Waals surface area contributed by atoms with Gasteiger partial charge in [-0.15, -0.1) is 0 Å². The largest absolute Gasteiger partial charge is 0.392 e. The number of sulfonamides is 1. The molecule has 0 spiro atoms. The first-order chi connectivity index (χ1) is 8.55. The van der Waals surface area contributed by atoms with Crippen LogP contribution in [-0.4, -0.2) is 30.9 Å². The van der Waals surface area contributed by atoms with Crippen molar-refractivity contribution in [1.82, 2.24) is 4.31 Å². The van der Waals surface area contributed by atoms with Gasteiger partial charge in [-0.05, 0) is 24.1 Å². The molecule has 98 valence electrons. The Labute approximate surface area is 112 Å². The van der Waals surface area contributed by atoms with Gasteiger partial charge < -0.3 is 5.11 Å². The fraction of sp³-hybridized carbons (Fsp3) is 0.333. The molecule has 6 heteroatoms. The van der Waals surface area contributed by atoms with E-state index in [1.54, 1.807) is 0 Å². The first-order valence-corrected chi connectivity index (χ1v) is 7.42. The van der Waals surface area contributed by atoms with Gasteiger partial charge >= 0.3 is 0 Å². The highest BCUT2D eigenvalue weighted by Crippen LogP contribution is 2.24. The maximum absolute atomic E-state index is 12.3. The summed E-state index contributed by atoms with van der Waals surface area (Å²) in [6.07, 6.45) is 4.53. The van der Waals surface area contributed by atoms with Crippen molar-refractivity contribution in [2.24, 2.45) is 0 Å². The van der Waals surface area contributed by atoms with Gasteiger partial charge in [0.15, 0.2) is 0 Å². The molecule has 4 nitrogen and oxygen atoms in total. The Kier molecular flexibility index (Phi) is 4.07. The molecule has 1 N–H and O–H groups in total. The van der Waals surface area contributed by atoms with Gasteiger partial charge in [0.2, 0.25) is 10.0 Å². The van der Waals surface area contributed by atoms with E-state index in [4.69, 9.17) is 16.7 Å². The Bertz CT molecular complexity index is 569. The monoisotopic (exact) mass is 287 g/mol. The van der Waals surface area contributed by atoms with Crippen molar-refractivity contribution in [3.05, 3.63) is 40.9 Å². The lowest BCUT2D eigenvalue weighted by Crippen LogP contribution is -2.33. The number of benzene rings is 1. The standard InChI is InChI=1S/C12H14ClNO3S/c13-12-8-11(5-4-10(12)9-15)18(16,17)14-6-2-1-3-7-14/h1-2,4-5,8,15H,3,6-7,9H2. The van der Waals surface area contributed by atoms with Crippen LogP contribution in [0.3, 0.4) is 0 Å². The van der Waals surface area contributed by atoms with E-state index in [9.17, 15) is 8.42 Å². The highest BCUT2D eigenvalue weighted by atomic mass is 35.5. The predicted molar refractivity (Wildman–Crippen MR) is 69.9 cm³/mol. The van der Waals surface area contributed by atoms with Crippen molar-refractivity contribution < 1.29 is 13.5 Å². The number of aliphatic hydroxyl groups excluding tert-OH is 1. The van der Waals surface area contributed by atoms with Gasteiger partial charge in [0, 0.05) is 18.1 Å². The zero-order valence-electron chi connectivity index (χ0n) is 9.71. The Morgan fingerprint density at radius 3 is 2.67 bits per heavy atom. The van der Waals surface area contributed by atoms with E-state index in [2.05, 4.69) is 0 Å². The molecule has 0 saturated carbocycles.